The zero-order valence-electron chi connectivity index (χ0n) is 14.0. The second-order valence-corrected chi connectivity index (χ2v) is 5.90. The van der Waals surface area contributed by atoms with Crippen LogP contribution in [0.5, 0.6) is 0 Å². The second kappa shape index (κ2) is 7.38. The third kappa shape index (κ3) is 3.33. The number of aliphatic hydroxyl groups excluding tert-OH is 2. The number of aromatic nitrogens is 3. The monoisotopic (exact) mass is 395 g/mol. The molecule has 0 aliphatic carbocycles. The summed E-state index contributed by atoms with van der Waals surface area (Å²) in [7, 11) is 0. The zero-order valence-corrected chi connectivity index (χ0v) is 14.0. The molecule has 1 aliphatic heterocycles. The molecule has 0 saturated carbocycles. The Kier molecular flexibility index (Phi) is 5.13. The van der Waals surface area contributed by atoms with E-state index in [2.05, 4.69) is 9.97 Å². The number of hydrogen-bond acceptors (Lipinski definition) is 9. The quantitative estimate of drug-likeness (QED) is 0.417. The number of pyridine rings is 1. The van der Waals surface area contributed by atoms with Gasteiger partial charge in [0.05, 0.1) is 17.2 Å². The minimum atomic E-state index is -2.00. The number of ether oxygens (including phenoxy) is 1. The van der Waals surface area contributed by atoms with Crippen LogP contribution in [0.15, 0.2) is 29.3 Å². The van der Waals surface area contributed by atoms with Gasteiger partial charge in [0.15, 0.2) is 12.4 Å². The highest BCUT2D eigenvalue weighted by molar-refractivity contribution is 5.97. The van der Waals surface area contributed by atoms with E-state index in [1.54, 1.807) is 0 Å². The third-order valence-corrected chi connectivity index (χ3v) is 4.17. The Labute approximate surface area is 155 Å². The van der Waals surface area contributed by atoms with E-state index in [-0.39, 0.29) is 17.0 Å². The number of hydrogen-bond donors (Lipinski definition) is 3. The number of primary amides is 1. The Morgan fingerprint density at radius 3 is 2.75 bits per heavy atom. The van der Waals surface area contributed by atoms with Gasteiger partial charge in [0, 0.05) is 17.8 Å². The first-order chi connectivity index (χ1) is 13.2. The summed E-state index contributed by atoms with van der Waals surface area (Å²) in [5, 5.41) is 29.7. The molecule has 2 aromatic heterocycles. The minimum absolute atomic E-state index is 0.150. The van der Waals surface area contributed by atoms with E-state index in [0.717, 1.165) is 23.0 Å². The fourth-order valence-corrected chi connectivity index (χ4v) is 2.78. The number of amides is 1. The van der Waals surface area contributed by atoms with E-state index in [4.69, 9.17) is 15.6 Å². The first-order valence-corrected chi connectivity index (χ1v) is 7.87. The lowest BCUT2D eigenvalue weighted by molar-refractivity contribution is -0.385. The minimum Gasteiger partial charge on any atom is -0.394 e. The van der Waals surface area contributed by atoms with Crippen molar-refractivity contribution in [3.8, 4) is 11.3 Å². The van der Waals surface area contributed by atoms with Crippen LogP contribution in [0.3, 0.4) is 0 Å². The maximum absolute atomic E-state index is 14.2. The Morgan fingerprint density at radius 2 is 2.21 bits per heavy atom. The van der Waals surface area contributed by atoms with Gasteiger partial charge in [-0.05, 0) is 6.07 Å². The summed E-state index contributed by atoms with van der Waals surface area (Å²) in [5.41, 5.74) is 3.09. The first-order valence-electron chi connectivity index (χ1n) is 7.87. The number of alkyl halides is 1. The van der Waals surface area contributed by atoms with E-state index in [9.17, 15) is 29.2 Å². The van der Waals surface area contributed by atoms with Gasteiger partial charge < -0.3 is 20.7 Å². The summed E-state index contributed by atoms with van der Waals surface area (Å²) in [6.45, 7) is -0.653. The van der Waals surface area contributed by atoms with Crippen molar-refractivity contribution in [2.24, 2.45) is 5.73 Å². The molecule has 3 rings (SSSR count). The van der Waals surface area contributed by atoms with Crippen molar-refractivity contribution in [3.05, 3.63) is 50.8 Å². The Hall–Kier alpha value is -3.29. The molecule has 13 heteroatoms. The van der Waals surface area contributed by atoms with Gasteiger partial charge in [-0.3, -0.25) is 19.5 Å². The van der Waals surface area contributed by atoms with Crippen LogP contribution < -0.4 is 11.4 Å². The molecule has 1 amide bonds. The molecule has 12 nitrogen and oxygen atoms in total. The van der Waals surface area contributed by atoms with E-state index < -0.39 is 53.4 Å². The maximum Gasteiger partial charge on any atom is 0.350 e. The molecule has 148 valence electrons. The number of aliphatic hydroxyl groups is 2. The lowest BCUT2D eigenvalue weighted by atomic mass is 10.1. The fraction of sp³-hybridized carbons (Fsp3) is 0.333. The number of carbonyl (C=O) groups is 1. The van der Waals surface area contributed by atoms with Crippen LogP contribution in [-0.4, -0.2) is 60.6 Å². The molecular weight excluding hydrogens is 381 g/mol. The van der Waals surface area contributed by atoms with E-state index in [1.807, 2.05) is 0 Å². The Bertz CT molecular complexity index is 997. The average Bonchev–Trinajstić information content (AvgIpc) is 2.95. The van der Waals surface area contributed by atoms with Crippen molar-refractivity contribution in [1.82, 2.24) is 14.5 Å². The van der Waals surface area contributed by atoms with Crippen molar-refractivity contribution in [2.75, 3.05) is 6.61 Å². The molecule has 0 unspecified atom stereocenters. The molecule has 0 bridgehead atoms. The van der Waals surface area contributed by atoms with E-state index in [1.165, 1.54) is 6.07 Å². The number of nitro groups is 1. The SMILES string of the molecule is NC(=O)c1ncc([N+](=O)[O-])cc1-c1ccn([C@H]2O[C@H](CO)[C@@H](O)[C@H]2F)c(=O)n1. The van der Waals surface area contributed by atoms with Gasteiger partial charge in [-0.15, -0.1) is 0 Å². The van der Waals surface area contributed by atoms with Gasteiger partial charge in [0.1, 0.15) is 24.1 Å². The zero-order chi connectivity index (χ0) is 20.6. The normalized spacial score (nSPS) is 24.2. The standard InChI is InChI=1S/C15H14FN5O7/c16-10-12(23)9(5-22)28-14(10)20-2-1-8(19-15(20)25)7-3-6(21(26)27)4-18-11(7)13(17)24/h1-4,9-10,12,14,22-23H,5H2,(H2,17,24)/t9-,10-,12-,14+/m1/s1. The summed E-state index contributed by atoms with van der Waals surface area (Å²) in [5.74, 6) is -0.993. The molecule has 1 aliphatic rings. The number of nitrogens with zero attached hydrogens (tertiary/aromatic N) is 4. The summed E-state index contributed by atoms with van der Waals surface area (Å²) in [4.78, 5) is 41.4. The highest BCUT2D eigenvalue weighted by atomic mass is 19.1. The van der Waals surface area contributed by atoms with Crippen LogP contribution >= 0.6 is 0 Å². The fourth-order valence-electron chi connectivity index (χ4n) is 2.78. The van der Waals surface area contributed by atoms with Gasteiger partial charge in [-0.2, -0.15) is 4.98 Å². The first kappa shape index (κ1) is 19.5. The van der Waals surface area contributed by atoms with E-state index >= 15 is 0 Å². The van der Waals surface area contributed by atoms with E-state index in [0.29, 0.717) is 0 Å². The molecule has 3 heterocycles. The predicted molar refractivity (Wildman–Crippen MR) is 88.8 cm³/mol. The summed E-state index contributed by atoms with van der Waals surface area (Å²) in [6, 6.07) is 2.16. The van der Waals surface area contributed by atoms with Crippen LogP contribution in [0, 0.1) is 10.1 Å². The molecule has 2 aromatic rings. The number of rotatable bonds is 5. The Balaban J connectivity index is 2.04. The number of carbonyl (C=O) groups excluding carboxylic acids is 1. The maximum atomic E-state index is 14.2. The van der Waals surface area contributed by atoms with Crippen LogP contribution in [-0.2, 0) is 4.74 Å². The second-order valence-electron chi connectivity index (χ2n) is 5.90. The highest BCUT2D eigenvalue weighted by Gasteiger charge is 2.45. The van der Waals surface area contributed by atoms with Crippen molar-refractivity contribution in [1.29, 1.82) is 0 Å². The molecule has 28 heavy (non-hydrogen) atoms. The van der Waals surface area contributed by atoms with Crippen LogP contribution in [0.4, 0.5) is 10.1 Å². The summed E-state index contributed by atoms with van der Waals surface area (Å²) >= 11 is 0. The number of nitrogens with two attached hydrogens (primary N) is 1. The molecular formula is C15H14FN5O7. The van der Waals surface area contributed by atoms with Crippen molar-refractivity contribution in [2.45, 2.75) is 24.6 Å². The van der Waals surface area contributed by atoms with Gasteiger partial charge >= 0.3 is 5.69 Å². The lowest BCUT2D eigenvalue weighted by Gasteiger charge is -2.16. The topological polar surface area (TPSA) is 184 Å². The molecule has 1 saturated heterocycles. The van der Waals surface area contributed by atoms with Gasteiger partial charge in [-0.1, -0.05) is 0 Å². The molecule has 0 radical (unpaired) electrons. The lowest BCUT2D eigenvalue weighted by Crippen LogP contribution is -2.33. The van der Waals surface area contributed by atoms with Crippen LogP contribution in [0.1, 0.15) is 16.7 Å². The molecule has 0 aromatic carbocycles. The predicted octanol–water partition coefficient (Wildman–Crippen LogP) is -1.10. The van der Waals surface area contributed by atoms with Crippen LogP contribution in [0.25, 0.3) is 11.3 Å². The largest absolute Gasteiger partial charge is 0.394 e. The van der Waals surface area contributed by atoms with Crippen molar-refractivity contribution >= 4 is 11.6 Å². The van der Waals surface area contributed by atoms with Crippen LogP contribution in [0.2, 0.25) is 0 Å². The Morgan fingerprint density at radius 1 is 1.50 bits per heavy atom. The molecule has 1 fully saturated rings. The number of halogens is 1. The van der Waals surface area contributed by atoms with Crippen molar-refractivity contribution in [3.63, 3.8) is 0 Å². The summed E-state index contributed by atoms with van der Waals surface area (Å²) in [6.07, 6.45) is -4.46. The van der Waals surface area contributed by atoms with Gasteiger partial charge in [0.25, 0.3) is 11.6 Å². The molecule has 0 spiro atoms. The third-order valence-electron chi connectivity index (χ3n) is 4.17. The van der Waals surface area contributed by atoms with Gasteiger partial charge in [-0.25, -0.2) is 14.2 Å². The summed E-state index contributed by atoms with van der Waals surface area (Å²) < 4.78 is 20.1. The van der Waals surface area contributed by atoms with Gasteiger partial charge in [0.2, 0.25) is 0 Å². The molecule has 4 N–H and O–H groups in total. The smallest absolute Gasteiger partial charge is 0.350 e. The van der Waals surface area contributed by atoms with Crippen molar-refractivity contribution < 1.29 is 29.1 Å². The molecule has 4 atom stereocenters. The average molecular weight is 395 g/mol. The highest BCUT2D eigenvalue weighted by Crippen LogP contribution is 2.31.